The summed E-state index contributed by atoms with van der Waals surface area (Å²) in [6.45, 7) is 5.71. The maximum Gasteiger partial charge on any atom is 0.290 e. The van der Waals surface area contributed by atoms with E-state index in [9.17, 15) is 20.2 Å². The van der Waals surface area contributed by atoms with Crippen LogP contribution in [0.25, 0.3) is 16.3 Å². The number of para-hydroxylation sites is 2. The second kappa shape index (κ2) is 12.5. The van der Waals surface area contributed by atoms with Crippen LogP contribution in [0.2, 0.25) is 0 Å². The highest BCUT2D eigenvalue weighted by Gasteiger charge is 2.26. The van der Waals surface area contributed by atoms with E-state index in [1.807, 2.05) is 36.4 Å². The summed E-state index contributed by atoms with van der Waals surface area (Å²) in [6, 6.07) is 20.2. The van der Waals surface area contributed by atoms with Crippen LogP contribution in [0.5, 0.6) is 0 Å². The number of hydrogen-bond donors (Lipinski definition) is 0. The highest BCUT2D eigenvalue weighted by molar-refractivity contribution is 8.04. The third kappa shape index (κ3) is 5.98. The number of nitrogens with zero attached hydrogens (tertiary/aromatic N) is 4. The Labute approximate surface area is 254 Å². The van der Waals surface area contributed by atoms with E-state index in [2.05, 4.69) is 47.6 Å². The molecule has 12 heteroatoms. The largest absolute Gasteiger partial charge is 1.00 e. The van der Waals surface area contributed by atoms with E-state index in [1.54, 1.807) is 23.1 Å². The Morgan fingerprint density at radius 2 is 1.77 bits per heavy atom. The van der Waals surface area contributed by atoms with Crippen LogP contribution in [-0.4, -0.2) is 16.4 Å². The van der Waals surface area contributed by atoms with Gasteiger partial charge in [-0.1, -0.05) is 59.1 Å². The van der Waals surface area contributed by atoms with Crippen LogP contribution in [0.15, 0.2) is 92.5 Å². The Morgan fingerprint density at radius 3 is 2.49 bits per heavy atom. The lowest BCUT2D eigenvalue weighted by Gasteiger charge is -2.18. The number of nitro benzene ring substituents is 2. The topological polar surface area (TPSA) is 93.4 Å². The Kier molecular flexibility index (Phi) is 9.31. The smallest absolute Gasteiger partial charge is 0.290 e. The second-order valence-corrected chi connectivity index (χ2v) is 11.5. The van der Waals surface area contributed by atoms with Crippen molar-refractivity contribution in [2.24, 2.45) is 0 Å². The van der Waals surface area contributed by atoms with Crippen LogP contribution >= 0.6 is 34.9 Å². The number of hydrogen-bond acceptors (Lipinski definition) is 8. The van der Waals surface area contributed by atoms with E-state index >= 15 is 0 Å². The Morgan fingerprint density at radius 1 is 1.03 bits per heavy atom. The van der Waals surface area contributed by atoms with Gasteiger partial charge in [-0.25, -0.2) is 0 Å². The van der Waals surface area contributed by atoms with E-state index in [0.29, 0.717) is 4.90 Å². The lowest BCUT2D eigenvalue weighted by molar-refractivity contribution is -0.665. The first-order valence-electron chi connectivity index (χ1n) is 11.9. The van der Waals surface area contributed by atoms with Crippen molar-refractivity contribution in [2.45, 2.75) is 30.2 Å². The van der Waals surface area contributed by atoms with Gasteiger partial charge in [-0.05, 0) is 44.2 Å². The van der Waals surface area contributed by atoms with Gasteiger partial charge in [0.2, 0.25) is 5.52 Å². The SMILES string of the molecule is CCN1C(=CC(=Cc2sc3ccccc3[n+]2CC)Sc2ccc([N+](=O)[O-])cc2[N+](=O)[O-])Sc2ccccc21.[I-]. The van der Waals surface area contributed by atoms with E-state index in [-0.39, 0.29) is 35.4 Å². The van der Waals surface area contributed by atoms with Crippen molar-refractivity contribution in [2.75, 3.05) is 11.4 Å². The van der Waals surface area contributed by atoms with Crippen molar-refractivity contribution in [3.05, 3.63) is 108 Å². The molecule has 0 spiro atoms. The van der Waals surface area contributed by atoms with E-state index in [4.69, 9.17) is 0 Å². The minimum Gasteiger partial charge on any atom is -1.00 e. The molecule has 2 heterocycles. The molecule has 0 amide bonds. The van der Waals surface area contributed by atoms with Gasteiger partial charge in [0, 0.05) is 34.6 Å². The van der Waals surface area contributed by atoms with Crippen molar-refractivity contribution in [3.8, 4) is 0 Å². The number of aryl methyl sites for hydroxylation is 1. The molecule has 1 aliphatic heterocycles. The zero-order valence-corrected chi connectivity index (χ0v) is 25.6. The van der Waals surface area contributed by atoms with Crippen LogP contribution in [0.4, 0.5) is 17.1 Å². The standard InChI is InChI=1S/C27H23N4O4S3.HI/c1-3-28-20-9-5-7-11-23(20)37-26(28)16-19(17-27-29(4-2)21-10-6-8-12-24(21)38-27)36-25-14-13-18(30(32)33)15-22(25)31(34)35;/h5-17H,3-4H2,1-2H3;1H/q+1;/p-1. The monoisotopic (exact) mass is 690 g/mol. The van der Waals surface area contributed by atoms with E-state index < -0.39 is 9.85 Å². The predicted octanol–water partition coefficient (Wildman–Crippen LogP) is 4.64. The Bertz CT molecular complexity index is 1640. The number of anilines is 1. The zero-order chi connectivity index (χ0) is 26.8. The van der Waals surface area contributed by atoms with Gasteiger partial charge in [-0.3, -0.25) is 20.2 Å². The molecule has 0 bridgehead atoms. The van der Waals surface area contributed by atoms with Gasteiger partial charge in [-0.15, -0.1) is 0 Å². The molecule has 0 aliphatic carbocycles. The summed E-state index contributed by atoms with van der Waals surface area (Å²) >= 11 is 4.55. The highest BCUT2D eigenvalue weighted by Crippen LogP contribution is 2.47. The molecule has 0 N–H and O–H groups in total. The number of rotatable bonds is 8. The molecule has 8 nitrogen and oxygen atoms in total. The summed E-state index contributed by atoms with van der Waals surface area (Å²) in [6.07, 6.45) is 4.10. The number of halogens is 1. The van der Waals surface area contributed by atoms with Gasteiger partial charge < -0.3 is 28.9 Å². The number of aromatic nitrogens is 1. The van der Waals surface area contributed by atoms with Gasteiger partial charge in [0.1, 0.15) is 11.2 Å². The van der Waals surface area contributed by atoms with Crippen molar-refractivity contribution in [1.29, 1.82) is 0 Å². The molecule has 0 saturated carbocycles. The molecule has 1 aliphatic rings. The van der Waals surface area contributed by atoms with Gasteiger partial charge in [0.05, 0.1) is 31.5 Å². The fourth-order valence-corrected chi connectivity index (χ4v) is 7.77. The van der Waals surface area contributed by atoms with Gasteiger partial charge in [0.25, 0.3) is 16.4 Å². The molecule has 3 aromatic carbocycles. The molecule has 1 aromatic heterocycles. The molecule has 0 saturated heterocycles. The van der Waals surface area contributed by atoms with Crippen molar-refractivity contribution >= 4 is 68.2 Å². The molecule has 0 atom stereocenters. The summed E-state index contributed by atoms with van der Waals surface area (Å²) < 4.78 is 3.37. The Hall–Kier alpha value is -2.94. The van der Waals surface area contributed by atoms with Crippen molar-refractivity contribution in [1.82, 2.24) is 0 Å². The third-order valence-electron chi connectivity index (χ3n) is 6.01. The summed E-state index contributed by atoms with van der Waals surface area (Å²) in [4.78, 5) is 26.5. The summed E-state index contributed by atoms with van der Waals surface area (Å²) in [7, 11) is 0. The molecular weight excluding hydrogens is 667 g/mol. The number of thioether (sulfide) groups is 2. The number of non-ortho nitro benzene ring substituents is 1. The fraction of sp³-hybridized carbons (Fsp3) is 0.148. The predicted molar refractivity (Wildman–Crippen MR) is 155 cm³/mol. The summed E-state index contributed by atoms with van der Waals surface area (Å²) in [5.41, 5.74) is 1.66. The van der Waals surface area contributed by atoms with Crippen molar-refractivity contribution in [3.63, 3.8) is 0 Å². The van der Waals surface area contributed by atoms with Gasteiger partial charge in [-0.2, -0.15) is 4.57 Å². The molecule has 0 unspecified atom stereocenters. The minimum absolute atomic E-state index is 0. The van der Waals surface area contributed by atoms with Crippen LogP contribution in [0.3, 0.4) is 0 Å². The second-order valence-electron chi connectivity index (χ2n) is 8.26. The first-order chi connectivity index (χ1) is 18.4. The number of nitro groups is 2. The number of thiazole rings is 1. The lowest BCUT2D eigenvalue weighted by atomic mass is 10.3. The minimum atomic E-state index is -0.618. The quantitative estimate of drug-likeness (QED) is 0.0876. The maximum absolute atomic E-state index is 11.9. The molecular formula is C27H23IN4O4S3. The molecule has 0 radical (unpaired) electrons. The van der Waals surface area contributed by atoms with Gasteiger partial charge >= 0.3 is 0 Å². The summed E-state index contributed by atoms with van der Waals surface area (Å²) in [5, 5.41) is 25.2. The highest BCUT2D eigenvalue weighted by atomic mass is 127. The van der Waals surface area contributed by atoms with Crippen LogP contribution in [0, 0.1) is 20.2 Å². The molecule has 39 heavy (non-hydrogen) atoms. The van der Waals surface area contributed by atoms with Crippen LogP contribution in [0.1, 0.15) is 18.9 Å². The van der Waals surface area contributed by atoms with Crippen molar-refractivity contribution < 1.29 is 38.4 Å². The average molecular weight is 691 g/mol. The summed E-state index contributed by atoms with van der Waals surface area (Å²) in [5.74, 6) is 0. The molecule has 4 aromatic rings. The fourth-order valence-electron chi connectivity index (χ4n) is 4.29. The van der Waals surface area contributed by atoms with E-state index in [1.165, 1.54) is 23.9 Å². The van der Waals surface area contributed by atoms with E-state index in [0.717, 1.165) is 54.9 Å². The molecule has 200 valence electrons. The van der Waals surface area contributed by atoms with Crippen LogP contribution in [-0.2, 0) is 6.54 Å². The number of benzene rings is 3. The molecule has 0 fully saturated rings. The van der Waals surface area contributed by atoms with Gasteiger partial charge in [0.15, 0.2) is 0 Å². The average Bonchev–Trinajstić information content (AvgIpc) is 3.44. The zero-order valence-electron chi connectivity index (χ0n) is 20.9. The normalized spacial score (nSPS) is 13.9. The van der Waals surface area contributed by atoms with Crippen LogP contribution < -0.4 is 33.4 Å². The first-order valence-corrected chi connectivity index (χ1v) is 14.3. The molecule has 5 rings (SSSR count). The third-order valence-corrected chi connectivity index (χ3v) is 9.28. The first kappa shape index (κ1) is 29.1. The maximum atomic E-state index is 11.9. The number of fused-ring (bicyclic) bond motifs is 2. The number of allylic oxidation sites excluding steroid dienone is 1. The Balaban J connectivity index is 0.00000353. The lowest BCUT2D eigenvalue weighted by Crippen LogP contribution is -3.00.